The van der Waals surface area contributed by atoms with Crippen molar-refractivity contribution in [3.05, 3.63) is 70.3 Å². The van der Waals surface area contributed by atoms with Gasteiger partial charge in [-0.15, -0.1) is 0 Å². The van der Waals surface area contributed by atoms with Crippen LogP contribution in [0.25, 0.3) is 0 Å². The molecule has 0 fully saturated rings. The van der Waals surface area contributed by atoms with E-state index < -0.39 is 106 Å². The minimum Gasteiger partial charge on any atom is -0.400 e. The zero-order valence-electron chi connectivity index (χ0n) is 19.2. The van der Waals surface area contributed by atoms with Crippen LogP contribution in [0.2, 0.25) is 0 Å². The first-order valence-electron chi connectivity index (χ1n) is 9.32. The summed E-state index contributed by atoms with van der Waals surface area (Å²) in [4.78, 5) is 0. The molecule has 0 saturated heterocycles. The lowest BCUT2D eigenvalue weighted by atomic mass is 10.2. The van der Waals surface area contributed by atoms with E-state index in [9.17, 15) is 114 Å². The van der Waals surface area contributed by atoms with E-state index in [1.54, 1.807) is 0 Å². The van der Waals surface area contributed by atoms with Crippen LogP contribution in [0.4, 0.5) is 114 Å². The van der Waals surface area contributed by atoms with E-state index in [2.05, 4.69) is 4.74 Å². The Bertz CT molecular complexity index is 1240. The van der Waals surface area contributed by atoms with Crippen molar-refractivity contribution in [1.82, 2.24) is 0 Å². The highest BCUT2D eigenvalue weighted by Crippen LogP contribution is 2.48. The molecule has 27 heteroatoms. The van der Waals surface area contributed by atoms with Crippen LogP contribution in [-0.4, -0.2) is 36.0 Å². The molecule has 260 valence electrons. The Hall–Kier alpha value is -3.58. The zero-order valence-corrected chi connectivity index (χ0v) is 19.2. The van der Waals surface area contributed by atoms with Crippen molar-refractivity contribution in [3.8, 4) is 0 Å². The van der Waals surface area contributed by atoms with Crippen molar-refractivity contribution in [2.24, 2.45) is 0 Å². The molecule has 0 aromatic heterocycles. The van der Waals surface area contributed by atoms with Crippen LogP contribution >= 0.6 is 0 Å². The summed E-state index contributed by atoms with van der Waals surface area (Å²) in [5.74, 6) is -74.6. The lowest BCUT2D eigenvalue weighted by Crippen LogP contribution is -2.37. The summed E-state index contributed by atoms with van der Waals surface area (Å²) in [7, 11) is 0. The van der Waals surface area contributed by atoms with E-state index in [1.807, 2.05) is 0 Å². The number of hydrogen-bond donors (Lipinski definition) is 0. The molecule has 0 rings (SSSR count). The molecule has 0 saturated carbocycles. The molecule has 0 aromatic carbocycles. The molecule has 0 unspecified atom stereocenters. The van der Waals surface area contributed by atoms with Crippen molar-refractivity contribution in [3.63, 3.8) is 0 Å². The minimum absolute atomic E-state index is 2.22. The molecule has 0 aromatic rings. The molecule has 0 aliphatic rings. The summed E-state index contributed by atoms with van der Waals surface area (Å²) in [6.07, 6.45) is -14.4. The molecule has 0 aliphatic carbocycles. The van der Waals surface area contributed by atoms with E-state index >= 15 is 0 Å². The van der Waals surface area contributed by atoms with Gasteiger partial charge in [0, 0.05) is 0 Å². The van der Waals surface area contributed by atoms with E-state index in [0.717, 1.165) is 0 Å². The predicted molar refractivity (Wildman–Crippen MR) is 88.4 cm³/mol. The maximum Gasteiger partial charge on any atom is 0.460 e. The first-order valence-corrected chi connectivity index (χ1v) is 9.32. The van der Waals surface area contributed by atoms with Crippen molar-refractivity contribution in [2.75, 3.05) is 0 Å². The van der Waals surface area contributed by atoms with Crippen molar-refractivity contribution in [1.29, 1.82) is 0 Å². The van der Waals surface area contributed by atoms with Gasteiger partial charge in [-0.25, -0.2) is 35.1 Å². The zero-order chi connectivity index (χ0) is 36.6. The minimum atomic E-state index is -7.18. The molecule has 0 atom stereocenters. The van der Waals surface area contributed by atoms with Gasteiger partial charge >= 0.3 is 48.1 Å². The third-order valence-corrected chi connectivity index (χ3v) is 4.05. The molecule has 0 heterocycles. The molecule has 0 aliphatic heterocycles. The maximum atomic E-state index is 13.5. The Morgan fingerprint density at radius 3 is 0.689 bits per heavy atom. The van der Waals surface area contributed by atoms with E-state index in [-0.39, 0.29) is 0 Å². The highest BCUT2D eigenvalue weighted by molar-refractivity contribution is 5.36. The lowest BCUT2D eigenvalue weighted by Gasteiger charge is -2.18. The molecule has 0 spiro atoms. The number of hydrogen-bond acceptors (Lipinski definition) is 1. The second kappa shape index (κ2) is 13.0. The standard InChI is InChI=1S/C18F26O/c19-1(3(21)7(25)15(35,36)17(39,40)41)5(23)13(31,32)9(27)11(29)45-12(30)10(28)14(33,34)6(24)2(20)4(22)8(26)16(37,38)18(42,43)44. The molecule has 0 amide bonds. The third-order valence-electron chi connectivity index (χ3n) is 4.05. The van der Waals surface area contributed by atoms with E-state index in [4.69, 9.17) is 0 Å². The van der Waals surface area contributed by atoms with Gasteiger partial charge in [0.1, 0.15) is 0 Å². The first-order chi connectivity index (χ1) is 19.6. The second-order valence-corrected chi connectivity index (χ2v) is 7.08. The Morgan fingerprint density at radius 1 is 0.289 bits per heavy atom. The molecule has 0 N–H and O–H groups in total. The maximum absolute atomic E-state index is 13.5. The highest BCUT2D eigenvalue weighted by atomic mass is 19.4. The first kappa shape index (κ1) is 41.4. The Balaban J connectivity index is 6.86. The second-order valence-electron chi connectivity index (χ2n) is 7.08. The number of alkyl halides is 14. The van der Waals surface area contributed by atoms with E-state index in [0.29, 0.717) is 0 Å². The fourth-order valence-corrected chi connectivity index (χ4v) is 1.79. The number of ether oxygens (including phenoxy) is 1. The largest absolute Gasteiger partial charge is 0.460 e. The summed E-state index contributed by atoms with van der Waals surface area (Å²) >= 11 is 0. The van der Waals surface area contributed by atoms with Gasteiger partial charge in [-0.05, 0) is 0 Å². The SMILES string of the molecule is FC(OC(F)=C(F)C(F)(F)C(F)=C(F)C(F)=C(F)C(F)(F)C(F)(F)F)=C(F)C(F)(F)C(F)=C(F)C(F)=C(F)C(F)(F)C(F)(F)F. The fourth-order valence-electron chi connectivity index (χ4n) is 1.79. The monoisotopic (exact) mass is 726 g/mol. The normalized spacial score (nSPS) is 17.9. The van der Waals surface area contributed by atoms with Gasteiger partial charge in [0.2, 0.25) is 35.0 Å². The average Bonchev–Trinajstić information content (AvgIpc) is 2.91. The summed E-state index contributed by atoms with van der Waals surface area (Å²) in [5, 5.41) is 0. The van der Waals surface area contributed by atoms with Crippen molar-refractivity contribution in [2.45, 2.75) is 36.0 Å². The molecule has 1 nitrogen and oxygen atoms in total. The lowest BCUT2D eigenvalue weighted by molar-refractivity contribution is -0.271. The Labute approximate surface area is 226 Å². The van der Waals surface area contributed by atoms with Gasteiger partial charge in [-0.3, -0.25) is 0 Å². The topological polar surface area (TPSA) is 9.23 Å². The van der Waals surface area contributed by atoms with Crippen LogP contribution in [0.3, 0.4) is 0 Å². The molecule has 0 bridgehead atoms. The highest BCUT2D eigenvalue weighted by Gasteiger charge is 2.64. The summed E-state index contributed by atoms with van der Waals surface area (Å²) in [5.41, 5.74) is 0. The van der Waals surface area contributed by atoms with Crippen LogP contribution in [0, 0.1) is 0 Å². The quantitative estimate of drug-likeness (QED) is 0.124. The van der Waals surface area contributed by atoms with Gasteiger partial charge < -0.3 is 4.74 Å². The van der Waals surface area contributed by atoms with Crippen LogP contribution in [0.15, 0.2) is 70.3 Å². The van der Waals surface area contributed by atoms with E-state index in [1.165, 1.54) is 0 Å². The fraction of sp³-hybridized carbons (Fsp3) is 0.333. The third kappa shape index (κ3) is 7.99. The van der Waals surface area contributed by atoms with Gasteiger partial charge in [0.05, 0.1) is 0 Å². The van der Waals surface area contributed by atoms with Crippen molar-refractivity contribution >= 4 is 0 Å². The number of allylic oxidation sites excluding steroid dienone is 10. The number of halogens is 26. The molecular weight excluding hydrogens is 726 g/mol. The molecular formula is C18F26O. The smallest absolute Gasteiger partial charge is 0.400 e. The Morgan fingerprint density at radius 2 is 0.489 bits per heavy atom. The van der Waals surface area contributed by atoms with Crippen LogP contribution in [0.1, 0.15) is 0 Å². The summed E-state index contributed by atoms with van der Waals surface area (Å²) in [6.45, 7) is 0. The molecule has 45 heavy (non-hydrogen) atoms. The van der Waals surface area contributed by atoms with Crippen LogP contribution < -0.4 is 0 Å². The number of rotatable bonds is 10. The summed E-state index contributed by atoms with van der Waals surface area (Å²) < 4.78 is 337. The van der Waals surface area contributed by atoms with Crippen LogP contribution in [-0.2, 0) is 4.74 Å². The van der Waals surface area contributed by atoms with Gasteiger partial charge in [-0.1, -0.05) is 0 Å². The Kier molecular flexibility index (Phi) is 12.0. The molecule has 0 radical (unpaired) electrons. The summed E-state index contributed by atoms with van der Waals surface area (Å²) in [6, 6.07) is -8.80. The van der Waals surface area contributed by atoms with Crippen LogP contribution in [0.5, 0.6) is 0 Å². The van der Waals surface area contributed by atoms with Gasteiger partial charge in [-0.2, -0.15) is 79.0 Å². The van der Waals surface area contributed by atoms with Crippen molar-refractivity contribution < 1.29 is 119 Å². The average molecular weight is 726 g/mol. The predicted octanol–water partition coefficient (Wildman–Crippen LogP) is 11.5. The van der Waals surface area contributed by atoms with Gasteiger partial charge in [0.15, 0.2) is 23.3 Å². The van der Waals surface area contributed by atoms with Gasteiger partial charge in [0.25, 0.3) is 0 Å².